The molecule has 9 heteroatoms. The van der Waals surface area contributed by atoms with Gasteiger partial charge in [-0.2, -0.15) is 0 Å². The molecule has 1 radical (unpaired) electrons. The maximum atomic E-state index is 10.5. The molecule has 1 aliphatic rings. The molecule has 0 bridgehead atoms. The molecule has 8 nitrogen and oxygen atoms in total. The van der Waals surface area contributed by atoms with Crippen molar-refractivity contribution >= 4 is 11.9 Å². The minimum atomic E-state index is -1.52. The summed E-state index contributed by atoms with van der Waals surface area (Å²) in [6.07, 6.45) is 5.29. The van der Waals surface area contributed by atoms with Crippen molar-refractivity contribution < 1.29 is 54.4 Å². The van der Waals surface area contributed by atoms with Crippen LogP contribution in [-0.2, 0) is 29.5 Å². The van der Waals surface area contributed by atoms with Crippen LogP contribution in [0, 0.1) is 0 Å². The van der Waals surface area contributed by atoms with Crippen LogP contribution in [0.1, 0.15) is 53.1 Å². The van der Waals surface area contributed by atoms with Gasteiger partial charge in [0.2, 0.25) is 0 Å². The summed E-state index contributed by atoms with van der Waals surface area (Å²) in [6.45, 7) is 0. The Morgan fingerprint density at radius 3 is 1.68 bits per heavy atom. The number of rotatable bonds is 2. The first-order valence-corrected chi connectivity index (χ1v) is 6.06. The van der Waals surface area contributed by atoms with Crippen LogP contribution in [0.2, 0.25) is 0 Å². The number of carboxylic acid groups (broad SMARTS) is 2. The molecule has 0 aliphatic heterocycles. The van der Waals surface area contributed by atoms with Gasteiger partial charge in [-0.25, -0.2) is 4.98 Å². The van der Waals surface area contributed by atoms with E-state index in [1.807, 2.05) is 0 Å². The number of nitrogens with zero attached hydrogens (tertiary/aromatic N) is 1. The Labute approximate surface area is 139 Å². The van der Waals surface area contributed by atoms with Gasteiger partial charge in [-0.05, 0) is 12.1 Å². The number of pyridine rings is 1. The summed E-state index contributed by atoms with van der Waals surface area (Å²) in [5.41, 5.74) is -0.839. The second-order valence-electron chi connectivity index (χ2n) is 4.24. The van der Waals surface area contributed by atoms with Crippen molar-refractivity contribution in [2.45, 2.75) is 38.2 Å². The molecule has 2 rings (SSSR count). The van der Waals surface area contributed by atoms with Crippen LogP contribution in [0.25, 0.3) is 0 Å². The zero-order valence-electron chi connectivity index (χ0n) is 11.8. The average molecular weight is 350 g/mol. The number of aromatic nitrogens is 1. The van der Waals surface area contributed by atoms with Gasteiger partial charge >= 0.3 is 0 Å². The molecule has 1 fully saturated rings. The second kappa shape index (κ2) is 13.2. The molecule has 1 aliphatic carbocycles. The van der Waals surface area contributed by atoms with E-state index in [0.717, 1.165) is 25.0 Å². The maximum absolute atomic E-state index is 10.5. The molecule has 0 saturated heterocycles. The van der Waals surface area contributed by atoms with Gasteiger partial charge in [0.15, 0.2) is 0 Å². The fourth-order valence-corrected chi connectivity index (χ4v) is 1.73. The molecule has 0 amide bonds. The first-order chi connectivity index (χ1) is 9.00. The van der Waals surface area contributed by atoms with Crippen molar-refractivity contribution in [1.82, 2.24) is 4.98 Å². The summed E-state index contributed by atoms with van der Waals surface area (Å²) in [4.78, 5) is 23.6. The molecule has 1 saturated carbocycles. The Morgan fingerprint density at radius 2 is 1.41 bits per heavy atom. The summed E-state index contributed by atoms with van der Waals surface area (Å²) in [7, 11) is 0. The van der Waals surface area contributed by atoms with Crippen molar-refractivity contribution in [1.29, 1.82) is 0 Å². The minimum Gasteiger partial charge on any atom is -2.00 e. The van der Waals surface area contributed by atoms with E-state index < -0.39 is 23.3 Å². The maximum Gasteiger partial charge on any atom is 0.0900 e. The predicted octanol–water partition coefficient (Wildman–Crippen LogP) is -2.56. The van der Waals surface area contributed by atoms with Gasteiger partial charge in [0.25, 0.3) is 0 Å². The normalized spacial score (nSPS) is 13.1. The Bertz CT molecular complexity index is 421. The number of carbonyl (C=O) groups excluding carboxylic acids is 2. The van der Waals surface area contributed by atoms with Gasteiger partial charge in [-0.1, -0.05) is 38.2 Å². The zero-order chi connectivity index (χ0) is 14.3. The van der Waals surface area contributed by atoms with E-state index in [9.17, 15) is 24.9 Å². The number of aromatic carboxylic acids is 2. The molecule has 0 atom stereocenters. The monoisotopic (exact) mass is 350 g/mol. The van der Waals surface area contributed by atoms with Gasteiger partial charge in [-0.15, -0.1) is 6.10 Å². The largest absolute Gasteiger partial charge is 2.00 e. The summed E-state index contributed by atoms with van der Waals surface area (Å²) < 4.78 is 0. The van der Waals surface area contributed by atoms with Crippen LogP contribution in [-0.4, -0.2) is 23.0 Å². The Morgan fingerprint density at radius 1 is 1.00 bits per heavy atom. The molecular weight excluding hydrogens is 333 g/mol. The van der Waals surface area contributed by atoms with E-state index >= 15 is 0 Å². The predicted molar refractivity (Wildman–Crippen MR) is 65.3 cm³/mol. The third-order valence-corrected chi connectivity index (χ3v) is 2.72. The van der Waals surface area contributed by atoms with E-state index in [4.69, 9.17) is 0 Å². The van der Waals surface area contributed by atoms with Crippen molar-refractivity contribution in [2.24, 2.45) is 0 Å². The van der Waals surface area contributed by atoms with E-state index in [1.165, 1.54) is 25.3 Å². The van der Waals surface area contributed by atoms with Gasteiger partial charge in [0, 0.05) is 18.6 Å². The molecule has 1 heterocycles. The topological polar surface area (TPSA) is 178 Å². The summed E-state index contributed by atoms with van der Waals surface area (Å²) in [5.74, 6) is -3.03. The Balaban J connectivity index is -0.000000317. The molecule has 0 aromatic carbocycles. The first-order valence-electron chi connectivity index (χ1n) is 6.06. The summed E-state index contributed by atoms with van der Waals surface area (Å²) in [6, 6.07) is 3.53. The number of hydrogen-bond donors (Lipinski definition) is 0. The van der Waals surface area contributed by atoms with Crippen LogP contribution < -0.4 is 15.3 Å². The van der Waals surface area contributed by atoms with Crippen LogP contribution in [0.5, 0.6) is 0 Å². The molecule has 1 aromatic rings. The molecular formula is C13H17NO7V-4. The molecule has 1 aromatic heterocycles. The quantitative estimate of drug-likeness (QED) is 0.529. The molecule has 0 spiro atoms. The number of carbonyl (C=O) groups is 2. The van der Waals surface area contributed by atoms with Crippen molar-refractivity contribution in [3.63, 3.8) is 0 Å². The molecule has 22 heavy (non-hydrogen) atoms. The van der Waals surface area contributed by atoms with Crippen LogP contribution in [0.4, 0.5) is 0 Å². The fourth-order valence-electron chi connectivity index (χ4n) is 1.73. The number of hydrogen-bond acceptors (Lipinski definition) is 6. The van der Waals surface area contributed by atoms with Gasteiger partial charge in [0.1, 0.15) is 0 Å². The van der Waals surface area contributed by atoms with Crippen molar-refractivity contribution in [3.05, 3.63) is 29.6 Å². The van der Waals surface area contributed by atoms with E-state index in [1.54, 1.807) is 0 Å². The zero-order valence-corrected chi connectivity index (χ0v) is 13.2. The summed E-state index contributed by atoms with van der Waals surface area (Å²) >= 11 is 0. The minimum absolute atomic E-state index is 0. The molecule has 125 valence electrons. The van der Waals surface area contributed by atoms with E-state index in [-0.39, 0.29) is 35.6 Å². The second-order valence-corrected chi connectivity index (χ2v) is 4.24. The van der Waals surface area contributed by atoms with Crippen LogP contribution >= 0.6 is 0 Å². The Hall–Kier alpha value is -1.45. The van der Waals surface area contributed by atoms with Gasteiger partial charge in [0.05, 0.1) is 23.3 Å². The fraction of sp³-hybridized carbons (Fsp3) is 0.462. The molecule has 0 unspecified atom stereocenters. The molecule has 3 N–H and O–H groups in total. The van der Waals surface area contributed by atoms with Crippen molar-refractivity contribution in [2.75, 3.05) is 0 Å². The number of carboxylic acids is 2. The van der Waals surface area contributed by atoms with E-state index in [0.29, 0.717) is 0 Å². The van der Waals surface area contributed by atoms with Gasteiger partial charge in [-0.3, -0.25) is 0 Å². The standard InChI is InChI=1S/C7H5NO4.C6H11O.H2O.O.V/c9-6(10)4-2-1-3-5(8-4)7(11)12;7-6-4-2-1-3-5-6;;;/h1-3H,(H,9,10)(H,11,12);6H,1-5H2;1H2;;/q;-1;;-2;/p-1. The summed E-state index contributed by atoms with van der Waals surface area (Å²) in [5, 5.41) is 30.9. The average Bonchev–Trinajstić information content (AvgIpc) is 2.40. The van der Waals surface area contributed by atoms with Crippen LogP contribution in [0.15, 0.2) is 18.2 Å². The third kappa shape index (κ3) is 9.48. The van der Waals surface area contributed by atoms with Crippen molar-refractivity contribution in [3.8, 4) is 0 Å². The Kier molecular flexibility index (Phi) is 15.3. The van der Waals surface area contributed by atoms with Crippen LogP contribution in [0.3, 0.4) is 0 Å². The SMILES string of the molecule is O=C([O-])c1cccc(C(=O)[O-])n1.[O-2].[O-]C1CCCCC1.[OH3+].[V]. The van der Waals surface area contributed by atoms with E-state index in [2.05, 4.69) is 4.98 Å². The smallest absolute Gasteiger partial charge is 0.0900 e. The third-order valence-electron chi connectivity index (χ3n) is 2.72. The first kappa shape index (κ1) is 25.5. The van der Waals surface area contributed by atoms with Gasteiger partial charge < -0.3 is 35.9 Å².